The first-order chi connectivity index (χ1) is 9.47. The third-order valence-electron chi connectivity index (χ3n) is 4.51. The molecule has 0 spiro atoms. The van der Waals surface area contributed by atoms with Gasteiger partial charge in [-0.15, -0.1) is 0 Å². The molecule has 0 amide bonds. The number of ether oxygens (including phenoxy) is 1. The molecule has 0 aromatic heterocycles. The summed E-state index contributed by atoms with van der Waals surface area (Å²) in [5.74, 6) is 0.858. The Labute approximate surface area is 123 Å². The van der Waals surface area contributed by atoms with E-state index in [0.717, 1.165) is 43.4 Å². The van der Waals surface area contributed by atoms with E-state index in [1.165, 1.54) is 6.42 Å². The summed E-state index contributed by atoms with van der Waals surface area (Å²) in [6, 6.07) is 8.00. The van der Waals surface area contributed by atoms with Crippen molar-refractivity contribution < 1.29 is 9.84 Å². The molecular formula is C18H28O2. The zero-order valence-electron chi connectivity index (χ0n) is 13.1. The Bertz CT molecular complexity index is 439. The van der Waals surface area contributed by atoms with E-state index in [2.05, 4.69) is 20.8 Å². The standard InChI is InChI=1S/C18H28O2/c1-4-14-20-16-9-6-5-8-15(16)18(19)11-7-10-17(2,3)12-13-18/h5-6,8-9,19H,4,7,10-14H2,1-3H3. The Morgan fingerprint density at radius 3 is 2.60 bits per heavy atom. The fourth-order valence-corrected chi connectivity index (χ4v) is 3.11. The van der Waals surface area contributed by atoms with Crippen molar-refractivity contribution in [3.8, 4) is 5.75 Å². The number of para-hydroxylation sites is 1. The Morgan fingerprint density at radius 1 is 1.10 bits per heavy atom. The Morgan fingerprint density at radius 2 is 1.85 bits per heavy atom. The van der Waals surface area contributed by atoms with Gasteiger partial charge in [0.2, 0.25) is 0 Å². The van der Waals surface area contributed by atoms with E-state index < -0.39 is 5.60 Å². The highest BCUT2D eigenvalue weighted by molar-refractivity contribution is 5.38. The SMILES string of the molecule is CCCOc1ccccc1C1(O)CCCC(C)(C)CC1. The molecule has 2 nitrogen and oxygen atoms in total. The van der Waals surface area contributed by atoms with Crippen LogP contribution in [0, 0.1) is 5.41 Å². The van der Waals surface area contributed by atoms with Crippen molar-refractivity contribution in [3.05, 3.63) is 29.8 Å². The molecule has 1 atom stereocenters. The fraction of sp³-hybridized carbons (Fsp3) is 0.667. The quantitative estimate of drug-likeness (QED) is 0.811. The van der Waals surface area contributed by atoms with Crippen LogP contribution in [0.1, 0.15) is 64.9 Å². The van der Waals surface area contributed by atoms with Crippen LogP contribution < -0.4 is 4.74 Å². The van der Waals surface area contributed by atoms with Crippen LogP contribution >= 0.6 is 0 Å². The molecular weight excluding hydrogens is 248 g/mol. The summed E-state index contributed by atoms with van der Waals surface area (Å²) in [4.78, 5) is 0. The minimum absolute atomic E-state index is 0.337. The van der Waals surface area contributed by atoms with Crippen LogP contribution in [0.25, 0.3) is 0 Å². The zero-order chi connectivity index (χ0) is 14.6. The van der Waals surface area contributed by atoms with Crippen molar-refractivity contribution in [2.24, 2.45) is 5.41 Å². The molecule has 112 valence electrons. The third kappa shape index (κ3) is 3.54. The highest BCUT2D eigenvalue weighted by atomic mass is 16.5. The summed E-state index contributed by atoms with van der Waals surface area (Å²) in [6.07, 6.45) is 5.97. The van der Waals surface area contributed by atoms with Crippen LogP contribution in [0.4, 0.5) is 0 Å². The summed E-state index contributed by atoms with van der Waals surface area (Å²) in [7, 11) is 0. The normalized spacial score (nSPS) is 26.0. The van der Waals surface area contributed by atoms with E-state index in [1.54, 1.807) is 0 Å². The van der Waals surface area contributed by atoms with Gasteiger partial charge in [0, 0.05) is 5.56 Å². The molecule has 0 radical (unpaired) electrons. The number of rotatable bonds is 4. The number of hydrogen-bond acceptors (Lipinski definition) is 2. The van der Waals surface area contributed by atoms with Crippen LogP contribution in [-0.4, -0.2) is 11.7 Å². The van der Waals surface area contributed by atoms with Gasteiger partial charge in [0.1, 0.15) is 5.75 Å². The number of benzene rings is 1. The second kappa shape index (κ2) is 6.17. The van der Waals surface area contributed by atoms with Crippen molar-refractivity contribution in [2.45, 2.75) is 64.9 Å². The lowest BCUT2D eigenvalue weighted by Crippen LogP contribution is -2.26. The topological polar surface area (TPSA) is 29.5 Å². The highest BCUT2D eigenvalue weighted by Crippen LogP contribution is 2.45. The smallest absolute Gasteiger partial charge is 0.125 e. The van der Waals surface area contributed by atoms with Crippen molar-refractivity contribution in [3.63, 3.8) is 0 Å². The van der Waals surface area contributed by atoms with Gasteiger partial charge in [-0.2, -0.15) is 0 Å². The van der Waals surface area contributed by atoms with E-state index in [-0.39, 0.29) is 0 Å². The summed E-state index contributed by atoms with van der Waals surface area (Å²) < 4.78 is 5.84. The summed E-state index contributed by atoms with van der Waals surface area (Å²) >= 11 is 0. The summed E-state index contributed by atoms with van der Waals surface area (Å²) in [5, 5.41) is 11.2. The molecule has 1 aromatic carbocycles. The van der Waals surface area contributed by atoms with Crippen LogP contribution in [0.15, 0.2) is 24.3 Å². The van der Waals surface area contributed by atoms with Gasteiger partial charge >= 0.3 is 0 Å². The number of aliphatic hydroxyl groups is 1. The molecule has 20 heavy (non-hydrogen) atoms. The van der Waals surface area contributed by atoms with Gasteiger partial charge in [0.25, 0.3) is 0 Å². The summed E-state index contributed by atoms with van der Waals surface area (Å²) in [6.45, 7) is 7.42. The Kier molecular flexibility index (Phi) is 4.74. The predicted octanol–water partition coefficient (Wildman–Crippen LogP) is 4.65. The zero-order valence-corrected chi connectivity index (χ0v) is 13.1. The third-order valence-corrected chi connectivity index (χ3v) is 4.51. The van der Waals surface area contributed by atoms with Gasteiger partial charge in [-0.3, -0.25) is 0 Å². The van der Waals surface area contributed by atoms with Crippen LogP contribution in [0.5, 0.6) is 5.75 Å². The summed E-state index contributed by atoms with van der Waals surface area (Å²) in [5.41, 5.74) is 0.591. The molecule has 2 heteroatoms. The maximum absolute atomic E-state index is 11.2. The van der Waals surface area contributed by atoms with Crippen molar-refractivity contribution in [2.75, 3.05) is 6.61 Å². The minimum Gasteiger partial charge on any atom is -0.493 e. The molecule has 0 saturated heterocycles. The largest absolute Gasteiger partial charge is 0.493 e. The molecule has 1 saturated carbocycles. The molecule has 2 rings (SSSR count). The minimum atomic E-state index is -0.724. The van der Waals surface area contributed by atoms with Gasteiger partial charge in [0.05, 0.1) is 12.2 Å². The molecule has 0 aliphatic heterocycles. The van der Waals surface area contributed by atoms with Gasteiger partial charge in [0.15, 0.2) is 0 Å². The van der Waals surface area contributed by atoms with Gasteiger partial charge in [-0.25, -0.2) is 0 Å². The van der Waals surface area contributed by atoms with E-state index in [0.29, 0.717) is 12.0 Å². The van der Waals surface area contributed by atoms with Gasteiger partial charge < -0.3 is 9.84 Å². The first kappa shape index (κ1) is 15.4. The van der Waals surface area contributed by atoms with E-state index >= 15 is 0 Å². The molecule has 1 unspecified atom stereocenters. The monoisotopic (exact) mass is 276 g/mol. The highest BCUT2D eigenvalue weighted by Gasteiger charge is 2.36. The predicted molar refractivity (Wildman–Crippen MR) is 83.0 cm³/mol. The van der Waals surface area contributed by atoms with E-state index in [9.17, 15) is 5.11 Å². The fourth-order valence-electron chi connectivity index (χ4n) is 3.11. The average molecular weight is 276 g/mol. The average Bonchev–Trinajstić information content (AvgIpc) is 2.56. The molecule has 1 aliphatic carbocycles. The molecule has 1 N–H and O–H groups in total. The Hall–Kier alpha value is -1.02. The lowest BCUT2D eigenvalue weighted by molar-refractivity contribution is 0.0153. The Balaban J connectivity index is 2.24. The van der Waals surface area contributed by atoms with Crippen LogP contribution in [0.2, 0.25) is 0 Å². The van der Waals surface area contributed by atoms with E-state index in [1.807, 2.05) is 24.3 Å². The second-order valence-electron chi connectivity index (χ2n) is 6.89. The molecule has 0 heterocycles. The van der Waals surface area contributed by atoms with Crippen molar-refractivity contribution in [1.29, 1.82) is 0 Å². The van der Waals surface area contributed by atoms with Gasteiger partial charge in [-0.1, -0.05) is 39.0 Å². The maximum Gasteiger partial charge on any atom is 0.125 e. The molecule has 1 aliphatic rings. The number of hydrogen-bond donors (Lipinski definition) is 1. The van der Waals surface area contributed by atoms with Gasteiger partial charge in [-0.05, 0) is 50.0 Å². The molecule has 1 aromatic rings. The van der Waals surface area contributed by atoms with E-state index in [4.69, 9.17) is 4.74 Å². The lowest BCUT2D eigenvalue weighted by atomic mass is 9.82. The first-order valence-corrected chi connectivity index (χ1v) is 7.92. The molecule has 1 fully saturated rings. The first-order valence-electron chi connectivity index (χ1n) is 7.92. The second-order valence-corrected chi connectivity index (χ2v) is 6.89. The van der Waals surface area contributed by atoms with Crippen LogP contribution in [-0.2, 0) is 5.60 Å². The van der Waals surface area contributed by atoms with Crippen LogP contribution in [0.3, 0.4) is 0 Å². The lowest BCUT2D eigenvalue weighted by Gasteiger charge is -2.30. The van der Waals surface area contributed by atoms with Crippen molar-refractivity contribution in [1.82, 2.24) is 0 Å². The van der Waals surface area contributed by atoms with Crippen molar-refractivity contribution >= 4 is 0 Å². The molecule has 0 bridgehead atoms. The maximum atomic E-state index is 11.2.